The Labute approximate surface area is 383 Å². The Morgan fingerprint density at radius 1 is 0.565 bits per heavy atom. The molecule has 0 aromatic heterocycles. The third kappa shape index (κ3) is 46.2. The summed E-state index contributed by atoms with van der Waals surface area (Å²) in [6.07, 6.45) is 59.2. The van der Waals surface area contributed by atoms with E-state index in [0.29, 0.717) is 17.4 Å². The highest BCUT2D eigenvalue weighted by molar-refractivity contribution is 7.47. The maximum Gasteiger partial charge on any atom is 0.472 e. The van der Waals surface area contributed by atoms with Crippen molar-refractivity contribution in [2.75, 3.05) is 40.9 Å². The molecule has 0 bridgehead atoms. The summed E-state index contributed by atoms with van der Waals surface area (Å²) in [6, 6.07) is -0.843. The lowest BCUT2D eigenvalue weighted by atomic mass is 10.0. The van der Waals surface area contributed by atoms with Gasteiger partial charge in [-0.05, 0) is 57.8 Å². The first-order valence-electron chi connectivity index (χ1n) is 25.7. The smallest absolute Gasteiger partial charge is 0.387 e. The average Bonchev–Trinajstić information content (AvgIpc) is 3.23. The topological polar surface area (TPSA) is 105 Å². The predicted molar refractivity (Wildman–Crippen MR) is 267 cm³/mol. The predicted octanol–water partition coefficient (Wildman–Crippen LogP) is 15.0. The second kappa shape index (κ2) is 44.4. The molecule has 0 aromatic carbocycles. The van der Waals surface area contributed by atoms with Gasteiger partial charge >= 0.3 is 7.82 Å². The summed E-state index contributed by atoms with van der Waals surface area (Å²) >= 11 is 0. The molecular weight excluding hydrogens is 792 g/mol. The molecule has 9 heteroatoms. The number of nitrogens with zero attached hydrogens (tertiary/aromatic N) is 1. The molecular formula is C53H100N2O6P+. The van der Waals surface area contributed by atoms with Crippen LogP contribution >= 0.6 is 7.82 Å². The number of hydrogen-bond donors (Lipinski definition) is 3. The molecule has 0 rings (SSSR count). The number of rotatable bonds is 46. The van der Waals surface area contributed by atoms with Crippen LogP contribution in [-0.2, 0) is 18.4 Å². The Morgan fingerprint density at radius 2 is 0.968 bits per heavy atom. The van der Waals surface area contributed by atoms with Crippen LogP contribution in [0.1, 0.15) is 219 Å². The van der Waals surface area contributed by atoms with Crippen molar-refractivity contribution >= 4 is 13.7 Å². The highest BCUT2D eigenvalue weighted by Crippen LogP contribution is 2.43. The summed E-state index contributed by atoms with van der Waals surface area (Å²) in [5, 5.41) is 13.7. The van der Waals surface area contributed by atoms with Crippen molar-refractivity contribution in [3.63, 3.8) is 0 Å². The molecule has 0 aliphatic heterocycles. The van der Waals surface area contributed by atoms with E-state index in [1.54, 1.807) is 6.08 Å². The molecule has 0 spiro atoms. The summed E-state index contributed by atoms with van der Waals surface area (Å²) in [6.45, 7) is 4.64. The van der Waals surface area contributed by atoms with E-state index >= 15 is 0 Å². The van der Waals surface area contributed by atoms with E-state index in [9.17, 15) is 19.4 Å². The van der Waals surface area contributed by atoms with Crippen LogP contribution < -0.4 is 5.32 Å². The molecule has 1 amide bonds. The van der Waals surface area contributed by atoms with Gasteiger partial charge in [0.1, 0.15) is 13.2 Å². The lowest BCUT2D eigenvalue weighted by Crippen LogP contribution is -2.45. The van der Waals surface area contributed by atoms with E-state index in [0.717, 1.165) is 64.2 Å². The number of phosphoric acid groups is 1. The number of carbonyl (C=O) groups is 1. The summed E-state index contributed by atoms with van der Waals surface area (Å²) < 4.78 is 23.5. The molecule has 3 N–H and O–H groups in total. The van der Waals surface area contributed by atoms with Crippen LogP contribution in [0.3, 0.4) is 0 Å². The highest BCUT2D eigenvalue weighted by Gasteiger charge is 2.27. The molecule has 3 unspecified atom stereocenters. The molecule has 0 heterocycles. The number of amides is 1. The van der Waals surface area contributed by atoms with Crippen molar-refractivity contribution in [2.45, 2.75) is 231 Å². The van der Waals surface area contributed by atoms with Gasteiger partial charge in [0.2, 0.25) is 5.91 Å². The number of phosphoric ester groups is 1. The monoisotopic (exact) mass is 892 g/mol. The Hall–Kier alpha value is -1.80. The van der Waals surface area contributed by atoms with E-state index in [1.165, 1.54) is 135 Å². The minimum absolute atomic E-state index is 0.0608. The number of allylic oxidation sites excluding steroid dienone is 9. The van der Waals surface area contributed by atoms with Crippen molar-refractivity contribution in [1.29, 1.82) is 0 Å². The Balaban J connectivity index is 3.88. The second-order valence-corrected chi connectivity index (χ2v) is 20.0. The van der Waals surface area contributed by atoms with Crippen LogP contribution in [-0.4, -0.2) is 73.4 Å². The molecule has 8 nitrogen and oxygen atoms in total. The van der Waals surface area contributed by atoms with Gasteiger partial charge in [0, 0.05) is 6.42 Å². The normalized spacial score (nSPS) is 14.6. The Bertz CT molecular complexity index is 1190. The van der Waals surface area contributed by atoms with Crippen LogP contribution in [0.2, 0.25) is 0 Å². The standard InChI is InChI=1S/C53H99N2O6P/c1-6-8-10-12-14-15-16-17-18-19-20-21-22-23-24-25-26-27-28-29-30-31-32-33-34-35-36-37-38-39-41-43-45-47-53(57)54-51(52(56)46-44-42-40-13-11-9-7-2)50-61-62(58,59)60-49-48-55(3,4)5/h8,10,14-15,17-18,20-21,44,46,51-52,56H,6-7,9,11-13,16,19,22-43,45,47-50H2,1-5H3,(H-,54,57,58,59)/p+1/b10-8-,15-14-,18-17-,21-20-,46-44+. The number of nitrogens with one attached hydrogen (secondary N) is 1. The number of hydrogen-bond acceptors (Lipinski definition) is 5. The summed E-state index contributed by atoms with van der Waals surface area (Å²) in [5.41, 5.74) is 0. The minimum atomic E-state index is -4.33. The molecule has 62 heavy (non-hydrogen) atoms. The number of likely N-dealkylation sites (N-methyl/N-ethyl adjacent to an activating group) is 1. The van der Waals surface area contributed by atoms with Gasteiger partial charge in [0.05, 0.1) is 39.9 Å². The van der Waals surface area contributed by atoms with Crippen molar-refractivity contribution in [3.8, 4) is 0 Å². The van der Waals surface area contributed by atoms with Gasteiger partial charge in [0.25, 0.3) is 0 Å². The van der Waals surface area contributed by atoms with Crippen molar-refractivity contribution < 1.29 is 32.9 Å². The fourth-order valence-corrected chi connectivity index (χ4v) is 7.95. The quantitative estimate of drug-likeness (QED) is 0.0243. The summed E-state index contributed by atoms with van der Waals surface area (Å²) in [5.74, 6) is -0.181. The minimum Gasteiger partial charge on any atom is -0.387 e. The van der Waals surface area contributed by atoms with Crippen LogP contribution in [0.25, 0.3) is 0 Å². The molecule has 0 saturated heterocycles. The van der Waals surface area contributed by atoms with Crippen LogP contribution in [0.4, 0.5) is 0 Å². The second-order valence-electron chi connectivity index (χ2n) is 18.5. The van der Waals surface area contributed by atoms with Gasteiger partial charge in [-0.2, -0.15) is 0 Å². The van der Waals surface area contributed by atoms with E-state index in [4.69, 9.17) is 9.05 Å². The first-order chi connectivity index (χ1) is 30.0. The third-order valence-electron chi connectivity index (χ3n) is 11.2. The summed E-state index contributed by atoms with van der Waals surface area (Å²) in [7, 11) is 1.57. The Morgan fingerprint density at radius 3 is 1.42 bits per heavy atom. The zero-order valence-electron chi connectivity index (χ0n) is 41.1. The van der Waals surface area contributed by atoms with Crippen LogP contribution in [0.5, 0.6) is 0 Å². The number of carbonyl (C=O) groups excluding carboxylic acids is 1. The highest BCUT2D eigenvalue weighted by atomic mass is 31.2. The van der Waals surface area contributed by atoms with E-state index < -0.39 is 20.0 Å². The van der Waals surface area contributed by atoms with E-state index in [2.05, 4.69) is 67.8 Å². The average molecular weight is 892 g/mol. The van der Waals surface area contributed by atoms with Gasteiger partial charge in [0.15, 0.2) is 0 Å². The number of aliphatic hydroxyl groups is 1. The maximum atomic E-state index is 12.8. The van der Waals surface area contributed by atoms with Gasteiger partial charge < -0.3 is 19.8 Å². The van der Waals surface area contributed by atoms with Gasteiger partial charge in [-0.1, -0.05) is 216 Å². The third-order valence-corrected chi connectivity index (χ3v) is 12.2. The van der Waals surface area contributed by atoms with E-state index in [1.807, 2.05) is 27.2 Å². The summed E-state index contributed by atoms with van der Waals surface area (Å²) in [4.78, 5) is 23.1. The molecule has 0 saturated carbocycles. The first kappa shape index (κ1) is 60.2. The van der Waals surface area contributed by atoms with Crippen molar-refractivity contribution in [3.05, 3.63) is 60.8 Å². The lowest BCUT2D eigenvalue weighted by molar-refractivity contribution is -0.870. The molecule has 0 fully saturated rings. The zero-order valence-corrected chi connectivity index (χ0v) is 42.0. The zero-order chi connectivity index (χ0) is 45.7. The lowest BCUT2D eigenvalue weighted by Gasteiger charge is -2.25. The molecule has 0 aliphatic carbocycles. The fraction of sp³-hybridized carbons (Fsp3) is 0.792. The molecule has 0 aliphatic rings. The number of unbranched alkanes of at least 4 members (excludes halogenated alkanes) is 25. The van der Waals surface area contributed by atoms with Crippen molar-refractivity contribution in [1.82, 2.24) is 5.32 Å². The maximum absolute atomic E-state index is 12.8. The Kier molecular flexibility index (Phi) is 43.1. The number of quaternary nitrogens is 1. The van der Waals surface area contributed by atoms with Gasteiger partial charge in [-0.25, -0.2) is 4.57 Å². The molecule has 0 aromatic rings. The van der Waals surface area contributed by atoms with Gasteiger partial charge in [-0.15, -0.1) is 0 Å². The molecule has 362 valence electrons. The largest absolute Gasteiger partial charge is 0.472 e. The van der Waals surface area contributed by atoms with Crippen LogP contribution in [0.15, 0.2) is 60.8 Å². The first-order valence-corrected chi connectivity index (χ1v) is 27.2. The van der Waals surface area contributed by atoms with E-state index in [-0.39, 0.29) is 19.1 Å². The fourth-order valence-electron chi connectivity index (χ4n) is 7.21. The molecule has 3 atom stereocenters. The van der Waals surface area contributed by atoms with Crippen LogP contribution in [0, 0.1) is 0 Å². The SMILES string of the molecule is CC/C=C\C/C=C\C/C=C\C/C=C\CCCCCCCCCCCCCCCCCCCCCCC(=O)NC(COP(=O)(O)OCC[N+](C)(C)C)C(O)/C=C/CCCCCCC. The van der Waals surface area contributed by atoms with Gasteiger partial charge in [-0.3, -0.25) is 13.8 Å². The number of aliphatic hydroxyl groups excluding tert-OH is 1. The van der Waals surface area contributed by atoms with Crippen molar-refractivity contribution in [2.24, 2.45) is 0 Å². The molecule has 0 radical (unpaired) electrons.